The summed E-state index contributed by atoms with van der Waals surface area (Å²) in [5.74, 6) is 0.306. The summed E-state index contributed by atoms with van der Waals surface area (Å²) >= 11 is 1.22. The number of nitrogens with zero attached hydrogens (tertiary/aromatic N) is 3. The van der Waals surface area contributed by atoms with Crippen molar-refractivity contribution in [2.75, 3.05) is 5.75 Å². The van der Waals surface area contributed by atoms with Gasteiger partial charge in [-0.2, -0.15) is 0 Å². The number of aromatic nitrogens is 3. The number of amides is 4. The highest BCUT2D eigenvalue weighted by Gasteiger charge is 2.19. The normalized spacial score (nSPS) is 14.8. The third kappa shape index (κ3) is 7.49. The Balaban J connectivity index is 1.86. The van der Waals surface area contributed by atoms with Gasteiger partial charge in [-0.15, -0.1) is 10.2 Å². The molecule has 1 fully saturated rings. The summed E-state index contributed by atoms with van der Waals surface area (Å²) in [6.07, 6.45) is 5.95. The highest BCUT2D eigenvalue weighted by Crippen LogP contribution is 2.20. The maximum atomic E-state index is 12.1. The van der Waals surface area contributed by atoms with Crippen LogP contribution in [0.5, 0.6) is 0 Å². The standard InChI is InChI=1S/C18H30N6O3S/c1-12(2)10-24-15(9-8-14(19)25)22-23-18(24)28-11-16(26)21-17(27)20-13-6-4-3-5-7-13/h12-13H,3-11H2,1-2H3,(H2,19,25)(H2,20,21,26,27). The van der Waals surface area contributed by atoms with Gasteiger partial charge in [0, 0.05) is 25.4 Å². The molecule has 1 saturated carbocycles. The fraction of sp³-hybridized carbons (Fsp3) is 0.722. The fourth-order valence-corrected chi connectivity index (χ4v) is 3.92. The molecule has 2 rings (SSSR count). The van der Waals surface area contributed by atoms with E-state index in [4.69, 9.17) is 5.73 Å². The molecule has 156 valence electrons. The number of rotatable bonds is 9. The first-order valence-electron chi connectivity index (χ1n) is 9.78. The van der Waals surface area contributed by atoms with Gasteiger partial charge in [0.1, 0.15) is 5.82 Å². The average molecular weight is 411 g/mol. The molecule has 1 aromatic rings. The lowest BCUT2D eigenvalue weighted by molar-refractivity contribution is -0.118. The third-order valence-electron chi connectivity index (χ3n) is 4.46. The zero-order valence-electron chi connectivity index (χ0n) is 16.6. The van der Waals surface area contributed by atoms with Crippen LogP contribution in [0.4, 0.5) is 4.79 Å². The Labute approximate surface area is 169 Å². The molecule has 0 spiro atoms. The minimum Gasteiger partial charge on any atom is -0.370 e. The Kier molecular flexibility index (Phi) is 8.75. The molecule has 0 saturated heterocycles. The summed E-state index contributed by atoms with van der Waals surface area (Å²) in [7, 11) is 0. The van der Waals surface area contributed by atoms with E-state index in [2.05, 4.69) is 34.7 Å². The second-order valence-electron chi connectivity index (χ2n) is 7.51. The highest BCUT2D eigenvalue weighted by atomic mass is 32.2. The van der Waals surface area contributed by atoms with Gasteiger partial charge in [-0.25, -0.2) is 4.79 Å². The van der Waals surface area contributed by atoms with Crippen LogP contribution in [0.2, 0.25) is 0 Å². The zero-order valence-corrected chi connectivity index (χ0v) is 17.4. The summed E-state index contributed by atoms with van der Waals surface area (Å²) in [4.78, 5) is 35.1. The molecule has 4 amide bonds. The first kappa shape index (κ1) is 22.2. The number of nitrogens with one attached hydrogen (secondary N) is 2. The van der Waals surface area contributed by atoms with Crippen LogP contribution in [0.1, 0.15) is 58.2 Å². The van der Waals surface area contributed by atoms with Crippen molar-refractivity contribution in [3.8, 4) is 0 Å². The van der Waals surface area contributed by atoms with Gasteiger partial charge < -0.3 is 15.6 Å². The van der Waals surface area contributed by atoms with Crippen LogP contribution >= 0.6 is 11.8 Å². The molecule has 0 atom stereocenters. The zero-order chi connectivity index (χ0) is 20.5. The van der Waals surface area contributed by atoms with Gasteiger partial charge in [-0.05, 0) is 18.8 Å². The van der Waals surface area contributed by atoms with Gasteiger partial charge in [0.2, 0.25) is 11.8 Å². The van der Waals surface area contributed by atoms with Crippen LogP contribution in [0.15, 0.2) is 5.16 Å². The summed E-state index contributed by atoms with van der Waals surface area (Å²) in [5, 5.41) is 14.1. The quantitative estimate of drug-likeness (QED) is 0.530. The Hall–Kier alpha value is -2.10. The van der Waals surface area contributed by atoms with E-state index in [-0.39, 0.29) is 24.1 Å². The van der Waals surface area contributed by atoms with E-state index in [0.717, 1.165) is 25.7 Å². The second kappa shape index (κ2) is 11.0. The van der Waals surface area contributed by atoms with Crippen LogP contribution in [0, 0.1) is 5.92 Å². The average Bonchev–Trinajstić information content (AvgIpc) is 3.00. The number of hydrogen-bond donors (Lipinski definition) is 3. The van der Waals surface area contributed by atoms with Crippen molar-refractivity contribution in [1.82, 2.24) is 25.4 Å². The molecule has 4 N–H and O–H groups in total. The molecule has 1 aliphatic rings. The molecule has 0 unspecified atom stereocenters. The molecule has 0 aromatic carbocycles. The lowest BCUT2D eigenvalue weighted by Crippen LogP contribution is -2.45. The molecule has 9 nitrogen and oxygen atoms in total. The predicted molar refractivity (Wildman–Crippen MR) is 107 cm³/mol. The van der Waals surface area contributed by atoms with Crippen LogP contribution in [0.3, 0.4) is 0 Å². The molecule has 0 radical (unpaired) electrons. The van der Waals surface area contributed by atoms with Crippen LogP contribution in [0.25, 0.3) is 0 Å². The van der Waals surface area contributed by atoms with Crippen molar-refractivity contribution in [3.05, 3.63) is 5.82 Å². The Bertz CT molecular complexity index is 685. The van der Waals surface area contributed by atoms with Crippen molar-refractivity contribution in [2.45, 2.75) is 76.5 Å². The number of carbonyl (C=O) groups excluding carboxylic acids is 3. The lowest BCUT2D eigenvalue weighted by atomic mass is 9.96. The number of nitrogens with two attached hydrogens (primary N) is 1. The van der Waals surface area contributed by atoms with E-state index in [1.165, 1.54) is 18.2 Å². The van der Waals surface area contributed by atoms with Crippen molar-refractivity contribution < 1.29 is 14.4 Å². The molecule has 1 aromatic heterocycles. The minimum absolute atomic E-state index is 0.0597. The van der Waals surface area contributed by atoms with Gasteiger partial charge in [0.25, 0.3) is 0 Å². The fourth-order valence-electron chi connectivity index (χ4n) is 3.16. The summed E-state index contributed by atoms with van der Waals surface area (Å²) in [6, 6.07) is -0.292. The Morgan fingerprint density at radius 2 is 1.93 bits per heavy atom. The number of urea groups is 1. The topological polar surface area (TPSA) is 132 Å². The van der Waals surface area contributed by atoms with E-state index in [0.29, 0.717) is 29.9 Å². The first-order chi connectivity index (χ1) is 13.3. The van der Waals surface area contributed by atoms with E-state index < -0.39 is 11.9 Å². The van der Waals surface area contributed by atoms with Gasteiger partial charge in [0.05, 0.1) is 5.75 Å². The van der Waals surface area contributed by atoms with Gasteiger partial charge >= 0.3 is 6.03 Å². The van der Waals surface area contributed by atoms with E-state index >= 15 is 0 Å². The van der Waals surface area contributed by atoms with Crippen molar-refractivity contribution in [2.24, 2.45) is 11.7 Å². The third-order valence-corrected chi connectivity index (χ3v) is 5.43. The summed E-state index contributed by atoms with van der Waals surface area (Å²) in [5.41, 5.74) is 5.22. The van der Waals surface area contributed by atoms with Gasteiger partial charge in [0.15, 0.2) is 5.16 Å². The Morgan fingerprint density at radius 1 is 1.21 bits per heavy atom. The van der Waals surface area contributed by atoms with Crippen LogP contribution in [-0.4, -0.2) is 44.4 Å². The largest absolute Gasteiger partial charge is 0.370 e. The van der Waals surface area contributed by atoms with E-state index in [1.54, 1.807) is 0 Å². The van der Waals surface area contributed by atoms with Gasteiger partial charge in [-0.3, -0.25) is 14.9 Å². The van der Waals surface area contributed by atoms with Crippen LogP contribution in [-0.2, 0) is 22.6 Å². The SMILES string of the molecule is CC(C)Cn1c(CCC(N)=O)nnc1SCC(=O)NC(=O)NC1CCCCC1. The lowest BCUT2D eigenvalue weighted by Gasteiger charge is -2.22. The van der Waals surface area contributed by atoms with E-state index in [9.17, 15) is 14.4 Å². The molecule has 28 heavy (non-hydrogen) atoms. The summed E-state index contributed by atoms with van der Waals surface area (Å²) in [6.45, 7) is 4.80. The van der Waals surface area contributed by atoms with E-state index in [1.807, 2.05) is 4.57 Å². The minimum atomic E-state index is -0.441. The van der Waals surface area contributed by atoms with Crippen molar-refractivity contribution >= 4 is 29.6 Å². The highest BCUT2D eigenvalue weighted by molar-refractivity contribution is 7.99. The molecule has 1 heterocycles. The summed E-state index contributed by atoms with van der Waals surface area (Å²) < 4.78 is 1.91. The van der Waals surface area contributed by atoms with Crippen LogP contribution < -0.4 is 16.4 Å². The monoisotopic (exact) mass is 410 g/mol. The number of primary amides is 1. The smallest absolute Gasteiger partial charge is 0.321 e. The first-order valence-corrected chi connectivity index (χ1v) is 10.8. The molecular formula is C18H30N6O3S. The predicted octanol–water partition coefficient (Wildman–Crippen LogP) is 1.60. The second-order valence-corrected chi connectivity index (χ2v) is 8.46. The number of carbonyl (C=O) groups is 3. The molecule has 0 bridgehead atoms. The molecule has 1 aliphatic carbocycles. The van der Waals surface area contributed by atoms with Crippen molar-refractivity contribution in [3.63, 3.8) is 0 Å². The number of thioether (sulfide) groups is 1. The molecule has 0 aliphatic heterocycles. The van der Waals surface area contributed by atoms with Crippen molar-refractivity contribution in [1.29, 1.82) is 0 Å². The van der Waals surface area contributed by atoms with Gasteiger partial charge in [-0.1, -0.05) is 44.9 Å². The molecular weight excluding hydrogens is 380 g/mol. The maximum absolute atomic E-state index is 12.1. The maximum Gasteiger partial charge on any atom is 0.321 e. The number of imide groups is 1. The molecule has 10 heteroatoms. The number of hydrogen-bond acceptors (Lipinski definition) is 6. The number of aryl methyl sites for hydroxylation is 1. The Morgan fingerprint density at radius 3 is 2.57 bits per heavy atom.